The topological polar surface area (TPSA) is 70.4 Å². The molecule has 3 aromatic heterocycles. The second-order valence-corrected chi connectivity index (χ2v) is 7.54. The monoisotopic (exact) mass is 425 g/mol. The fourth-order valence-electron chi connectivity index (χ4n) is 3.86. The summed E-state index contributed by atoms with van der Waals surface area (Å²) in [5, 5.41) is 4.39. The summed E-state index contributed by atoms with van der Waals surface area (Å²) in [5.74, 6) is -2.04. The van der Waals surface area contributed by atoms with E-state index in [1.165, 1.54) is 6.07 Å². The minimum absolute atomic E-state index is 0.0981. The maximum Gasteiger partial charge on any atom is 0.201 e. The zero-order valence-corrected chi connectivity index (χ0v) is 17.8. The molecule has 6 nitrogen and oxygen atoms in total. The van der Waals surface area contributed by atoms with E-state index in [0.717, 1.165) is 34.4 Å². The fraction of sp³-hybridized carbons (Fsp3) is 0.304. The summed E-state index contributed by atoms with van der Waals surface area (Å²) in [6.07, 6.45) is 4.83. The summed E-state index contributed by atoms with van der Waals surface area (Å²) in [4.78, 5) is 4.36. The fourth-order valence-corrected chi connectivity index (χ4v) is 3.86. The van der Waals surface area contributed by atoms with E-state index in [1.807, 2.05) is 43.6 Å². The number of hydrogen-bond acceptors (Lipinski definition) is 4. The van der Waals surface area contributed by atoms with Crippen LogP contribution in [0.25, 0.3) is 16.8 Å². The molecular formula is C23H25F2N5O. The molecule has 4 aromatic rings. The molecule has 0 aliphatic carbocycles. The first kappa shape index (κ1) is 21.0. The number of hydrogen-bond donors (Lipinski definition) is 1. The van der Waals surface area contributed by atoms with Crippen LogP contribution in [-0.4, -0.2) is 32.3 Å². The Bertz CT molecular complexity index is 1240. The smallest absolute Gasteiger partial charge is 0.201 e. The third-order valence-corrected chi connectivity index (χ3v) is 5.60. The van der Waals surface area contributed by atoms with Crippen molar-refractivity contribution in [3.05, 3.63) is 70.9 Å². The number of rotatable bonds is 7. The van der Waals surface area contributed by atoms with Gasteiger partial charge in [-0.05, 0) is 50.2 Å². The highest BCUT2D eigenvalue weighted by Gasteiger charge is 2.18. The van der Waals surface area contributed by atoms with Crippen molar-refractivity contribution in [1.82, 2.24) is 19.2 Å². The van der Waals surface area contributed by atoms with Gasteiger partial charge in [0.2, 0.25) is 5.82 Å². The molecule has 0 spiro atoms. The van der Waals surface area contributed by atoms with Crippen molar-refractivity contribution < 1.29 is 13.5 Å². The van der Waals surface area contributed by atoms with Gasteiger partial charge in [-0.3, -0.25) is 4.68 Å². The van der Waals surface area contributed by atoms with Gasteiger partial charge >= 0.3 is 0 Å². The Kier molecular flexibility index (Phi) is 5.73. The van der Waals surface area contributed by atoms with Crippen LogP contribution >= 0.6 is 0 Å². The Morgan fingerprint density at radius 1 is 1.10 bits per heavy atom. The first-order valence-corrected chi connectivity index (χ1v) is 10.2. The molecule has 162 valence electrons. The minimum Gasteiger partial charge on any atom is -0.489 e. The average Bonchev–Trinajstić information content (AvgIpc) is 3.26. The van der Waals surface area contributed by atoms with Crippen LogP contribution in [0.4, 0.5) is 8.78 Å². The van der Waals surface area contributed by atoms with Crippen LogP contribution in [0, 0.1) is 25.5 Å². The largest absolute Gasteiger partial charge is 0.489 e. The highest BCUT2D eigenvalue weighted by molar-refractivity contribution is 5.71. The Morgan fingerprint density at radius 3 is 2.61 bits per heavy atom. The number of aromatic nitrogens is 4. The molecule has 3 heterocycles. The summed E-state index contributed by atoms with van der Waals surface area (Å²) in [7, 11) is 1.88. The van der Waals surface area contributed by atoms with Gasteiger partial charge in [-0.1, -0.05) is 0 Å². The molecule has 0 atom stereocenters. The SMILES string of the molecule is Cc1nn(C)c(C)c1CCOc1c(-c2ccc3ncc(CCN)n3c2)ccc(F)c1F. The van der Waals surface area contributed by atoms with Gasteiger partial charge in [0.05, 0.1) is 12.3 Å². The predicted octanol–water partition coefficient (Wildman–Crippen LogP) is 3.75. The molecule has 8 heteroatoms. The van der Waals surface area contributed by atoms with Crippen molar-refractivity contribution in [2.75, 3.05) is 13.2 Å². The molecule has 0 unspecified atom stereocenters. The van der Waals surface area contributed by atoms with E-state index in [4.69, 9.17) is 10.5 Å². The van der Waals surface area contributed by atoms with Gasteiger partial charge in [0, 0.05) is 54.8 Å². The highest BCUT2D eigenvalue weighted by Crippen LogP contribution is 2.34. The lowest BCUT2D eigenvalue weighted by Crippen LogP contribution is -2.07. The molecular weight excluding hydrogens is 400 g/mol. The normalized spacial score (nSPS) is 11.4. The van der Waals surface area contributed by atoms with Crippen LogP contribution in [0.5, 0.6) is 5.75 Å². The number of benzene rings is 1. The third kappa shape index (κ3) is 3.90. The van der Waals surface area contributed by atoms with Gasteiger partial charge in [-0.2, -0.15) is 9.49 Å². The molecule has 0 fully saturated rings. The van der Waals surface area contributed by atoms with Crippen LogP contribution in [0.3, 0.4) is 0 Å². The molecule has 0 bridgehead atoms. The molecule has 0 radical (unpaired) electrons. The molecule has 2 N–H and O–H groups in total. The minimum atomic E-state index is -0.995. The van der Waals surface area contributed by atoms with Crippen LogP contribution < -0.4 is 10.5 Å². The Hall–Kier alpha value is -3.26. The predicted molar refractivity (Wildman–Crippen MR) is 115 cm³/mol. The second kappa shape index (κ2) is 8.47. The van der Waals surface area contributed by atoms with E-state index >= 15 is 0 Å². The maximum atomic E-state index is 14.7. The number of imidazole rings is 1. The number of fused-ring (bicyclic) bond motifs is 1. The lowest BCUT2D eigenvalue weighted by Gasteiger charge is -2.14. The van der Waals surface area contributed by atoms with Crippen molar-refractivity contribution in [2.45, 2.75) is 26.7 Å². The Balaban J connectivity index is 1.67. The van der Waals surface area contributed by atoms with Crippen LogP contribution in [0.1, 0.15) is 22.6 Å². The number of aryl methyl sites for hydroxylation is 2. The molecule has 0 aliphatic rings. The molecule has 0 amide bonds. The zero-order chi connectivity index (χ0) is 22.1. The van der Waals surface area contributed by atoms with Gasteiger partial charge in [-0.25, -0.2) is 9.37 Å². The molecule has 1 aromatic carbocycles. The quantitative estimate of drug-likeness (QED) is 0.490. The number of nitrogens with two attached hydrogens (primary N) is 1. The van der Waals surface area contributed by atoms with Crippen LogP contribution in [0.15, 0.2) is 36.7 Å². The molecule has 4 rings (SSSR count). The summed E-state index contributed by atoms with van der Waals surface area (Å²) < 4.78 is 38.3. The van der Waals surface area contributed by atoms with Gasteiger partial charge in [-0.15, -0.1) is 0 Å². The van der Waals surface area contributed by atoms with E-state index in [1.54, 1.807) is 10.9 Å². The highest BCUT2D eigenvalue weighted by atomic mass is 19.2. The van der Waals surface area contributed by atoms with Crippen molar-refractivity contribution in [3.63, 3.8) is 0 Å². The lowest BCUT2D eigenvalue weighted by atomic mass is 10.1. The Morgan fingerprint density at radius 2 is 1.90 bits per heavy atom. The summed E-state index contributed by atoms with van der Waals surface area (Å²) in [6, 6.07) is 6.31. The van der Waals surface area contributed by atoms with Crippen molar-refractivity contribution in [1.29, 1.82) is 0 Å². The third-order valence-electron chi connectivity index (χ3n) is 5.60. The first-order valence-electron chi connectivity index (χ1n) is 10.2. The zero-order valence-electron chi connectivity index (χ0n) is 17.8. The summed E-state index contributed by atoms with van der Waals surface area (Å²) in [6.45, 7) is 4.59. The standard InChI is InChI=1S/C23H25F2N5O/c1-14-18(15(2)29(3)28-14)9-11-31-23-19(5-6-20(24)22(23)25)16-4-7-21-27-12-17(8-10-26)30(21)13-16/h4-7,12-13H,8-11,26H2,1-3H3. The van der Waals surface area contributed by atoms with Gasteiger partial charge < -0.3 is 14.9 Å². The lowest BCUT2D eigenvalue weighted by molar-refractivity contribution is 0.300. The van der Waals surface area contributed by atoms with E-state index in [0.29, 0.717) is 30.5 Å². The summed E-state index contributed by atoms with van der Waals surface area (Å²) in [5.41, 5.74) is 11.6. The van der Waals surface area contributed by atoms with Crippen molar-refractivity contribution in [2.24, 2.45) is 12.8 Å². The van der Waals surface area contributed by atoms with Crippen LogP contribution in [-0.2, 0) is 19.9 Å². The average molecular weight is 425 g/mol. The van der Waals surface area contributed by atoms with Crippen LogP contribution in [0.2, 0.25) is 0 Å². The van der Waals surface area contributed by atoms with Crippen molar-refractivity contribution >= 4 is 5.65 Å². The van der Waals surface area contributed by atoms with Gasteiger partial charge in [0.25, 0.3) is 0 Å². The van der Waals surface area contributed by atoms with E-state index in [9.17, 15) is 8.78 Å². The van der Waals surface area contributed by atoms with Gasteiger partial charge in [0.1, 0.15) is 5.65 Å². The van der Waals surface area contributed by atoms with Crippen molar-refractivity contribution in [3.8, 4) is 16.9 Å². The van der Waals surface area contributed by atoms with Gasteiger partial charge in [0.15, 0.2) is 11.6 Å². The Labute approximate surface area is 179 Å². The maximum absolute atomic E-state index is 14.7. The molecule has 0 saturated carbocycles. The number of pyridine rings is 1. The van der Waals surface area contributed by atoms with E-state index < -0.39 is 11.6 Å². The second-order valence-electron chi connectivity index (χ2n) is 7.54. The number of nitrogens with zero attached hydrogens (tertiary/aromatic N) is 4. The van der Waals surface area contributed by atoms with E-state index in [-0.39, 0.29) is 12.4 Å². The molecule has 31 heavy (non-hydrogen) atoms. The molecule has 0 saturated heterocycles. The first-order chi connectivity index (χ1) is 14.9. The molecule has 0 aliphatic heterocycles. The summed E-state index contributed by atoms with van der Waals surface area (Å²) >= 11 is 0. The van der Waals surface area contributed by atoms with E-state index in [2.05, 4.69) is 10.1 Å². The number of ether oxygens (including phenoxy) is 1. The number of halogens is 2.